The summed E-state index contributed by atoms with van der Waals surface area (Å²) in [5.74, 6) is 0.921. The van der Waals surface area contributed by atoms with Gasteiger partial charge in [-0.2, -0.15) is 0 Å². The van der Waals surface area contributed by atoms with Crippen LogP contribution >= 0.6 is 0 Å². The van der Waals surface area contributed by atoms with E-state index in [1.165, 1.54) is 32.1 Å². The molecule has 1 aromatic heterocycles. The van der Waals surface area contributed by atoms with Crippen LogP contribution in [0.25, 0.3) is 0 Å². The summed E-state index contributed by atoms with van der Waals surface area (Å²) in [6.07, 6.45) is 13.1. The van der Waals surface area contributed by atoms with Gasteiger partial charge in [0.2, 0.25) is 0 Å². The molecule has 3 N–H and O–H groups in total. The monoisotopic (exact) mass is 385 g/mol. The molecule has 154 valence electrons. The van der Waals surface area contributed by atoms with Crippen molar-refractivity contribution in [3.63, 3.8) is 0 Å². The van der Waals surface area contributed by atoms with Gasteiger partial charge in [0.15, 0.2) is 5.82 Å². The van der Waals surface area contributed by atoms with Crippen molar-refractivity contribution in [2.24, 2.45) is 10.7 Å². The Morgan fingerprint density at radius 3 is 2.82 bits per heavy atom. The van der Waals surface area contributed by atoms with E-state index in [0.717, 1.165) is 42.2 Å². The predicted molar refractivity (Wildman–Crippen MR) is 116 cm³/mol. The van der Waals surface area contributed by atoms with Crippen molar-refractivity contribution in [1.29, 1.82) is 0 Å². The zero-order valence-corrected chi connectivity index (χ0v) is 17.5. The fourth-order valence-electron chi connectivity index (χ4n) is 4.21. The minimum Gasteiger partial charge on any atom is -0.404 e. The van der Waals surface area contributed by atoms with Gasteiger partial charge in [0.1, 0.15) is 5.69 Å². The van der Waals surface area contributed by atoms with Gasteiger partial charge in [-0.1, -0.05) is 19.3 Å². The molecule has 1 saturated heterocycles. The second-order valence-electron chi connectivity index (χ2n) is 8.14. The van der Waals surface area contributed by atoms with E-state index in [0.29, 0.717) is 12.1 Å². The molecule has 0 aromatic carbocycles. The summed E-state index contributed by atoms with van der Waals surface area (Å²) in [6, 6.07) is 3.13. The molecule has 2 unspecified atom stereocenters. The zero-order chi connectivity index (χ0) is 19.9. The van der Waals surface area contributed by atoms with Crippen molar-refractivity contribution in [2.75, 3.05) is 25.1 Å². The van der Waals surface area contributed by atoms with Crippen molar-refractivity contribution in [2.45, 2.75) is 70.6 Å². The van der Waals surface area contributed by atoms with Crippen LogP contribution in [-0.2, 0) is 4.74 Å². The highest BCUT2D eigenvalue weighted by Gasteiger charge is 2.32. The third-order valence-corrected chi connectivity index (χ3v) is 5.87. The second kappa shape index (κ2) is 10.0. The molecule has 2 aliphatic rings. The minimum absolute atomic E-state index is 0.154. The summed E-state index contributed by atoms with van der Waals surface area (Å²) >= 11 is 0. The summed E-state index contributed by atoms with van der Waals surface area (Å²) in [5.41, 5.74) is 8.48. The summed E-state index contributed by atoms with van der Waals surface area (Å²) in [6.45, 7) is 5.76. The number of pyridine rings is 1. The molecule has 6 nitrogen and oxygen atoms in total. The van der Waals surface area contributed by atoms with Gasteiger partial charge in [-0.25, -0.2) is 4.98 Å². The van der Waals surface area contributed by atoms with E-state index in [1.807, 2.05) is 27.2 Å². The largest absolute Gasteiger partial charge is 0.404 e. The summed E-state index contributed by atoms with van der Waals surface area (Å²) in [7, 11) is 1.82. The lowest BCUT2D eigenvalue weighted by atomic mass is 9.92. The number of aliphatic imine (C=N–C) groups is 1. The summed E-state index contributed by atoms with van der Waals surface area (Å²) < 4.78 is 5.88. The van der Waals surface area contributed by atoms with Gasteiger partial charge in [0, 0.05) is 44.7 Å². The number of allylic oxidation sites excluding steroid dienone is 1. The molecule has 2 atom stereocenters. The number of anilines is 1. The molecule has 2 heterocycles. The van der Waals surface area contributed by atoms with Gasteiger partial charge >= 0.3 is 0 Å². The molecule has 0 amide bonds. The first-order valence-corrected chi connectivity index (χ1v) is 10.5. The number of aromatic nitrogens is 1. The van der Waals surface area contributed by atoms with Crippen LogP contribution in [0.1, 0.15) is 51.0 Å². The molecule has 1 aromatic rings. The topological polar surface area (TPSA) is 75.8 Å². The number of methoxy groups -OCH3 is 1. The lowest BCUT2D eigenvalue weighted by Crippen LogP contribution is -2.56. The van der Waals surface area contributed by atoms with Crippen LogP contribution in [0, 0.1) is 6.92 Å². The van der Waals surface area contributed by atoms with Crippen LogP contribution in [0.5, 0.6) is 0 Å². The van der Waals surface area contributed by atoms with E-state index in [1.54, 1.807) is 12.4 Å². The lowest BCUT2D eigenvalue weighted by molar-refractivity contribution is 0.0534. The van der Waals surface area contributed by atoms with E-state index in [2.05, 4.69) is 21.3 Å². The van der Waals surface area contributed by atoms with Gasteiger partial charge in [-0.05, 0) is 56.5 Å². The predicted octanol–water partition coefficient (Wildman–Crippen LogP) is 3.47. The summed E-state index contributed by atoms with van der Waals surface area (Å²) in [4.78, 5) is 11.6. The molecular weight excluding hydrogens is 350 g/mol. The van der Waals surface area contributed by atoms with E-state index in [9.17, 15) is 0 Å². The molecular formula is C22H35N5O. The van der Waals surface area contributed by atoms with Gasteiger partial charge in [-0.15, -0.1) is 0 Å². The Morgan fingerprint density at radius 1 is 1.32 bits per heavy atom. The van der Waals surface area contributed by atoms with E-state index < -0.39 is 0 Å². The van der Waals surface area contributed by atoms with Crippen molar-refractivity contribution in [3.05, 3.63) is 29.6 Å². The number of nitrogens with one attached hydrogen (secondary N) is 1. The van der Waals surface area contributed by atoms with Crippen molar-refractivity contribution in [3.8, 4) is 0 Å². The lowest BCUT2D eigenvalue weighted by Gasteiger charge is -2.41. The number of rotatable bonds is 6. The molecule has 28 heavy (non-hydrogen) atoms. The first kappa shape index (κ1) is 20.8. The highest BCUT2D eigenvalue weighted by atomic mass is 16.5. The van der Waals surface area contributed by atoms with Crippen LogP contribution < -0.4 is 16.0 Å². The van der Waals surface area contributed by atoms with Gasteiger partial charge < -0.3 is 20.7 Å². The van der Waals surface area contributed by atoms with Gasteiger partial charge in [0.05, 0.1) is 6.10 Å². The third-order valence-electron chi connectivity index (χ3n) is 5.87. The molecule has 0 bridgehead atoms. The first-order valence-electron chi connectivity index (χ1n) is 10.5. The molecule has 3 rings (SSSR count). The molecule has 0 spiro atoms. The van der Waals surface area contributed by atoms with E-state index in [-0.39, 0.29) is 6.10 Å². The van der Waals surface area contributed by atoms with Crippen LogP contribution in [0.4, 0.5) is 11.5 Å². The second-order valence-corrected chi connectivity index (χ2v) is 8.14. The van der Waals surface area contributed by atoms with E-state index in [4.69, 9.17) is 15.5 Å². The maximum atomic E-state index is 5.88. The number of nitrogens with zero attached hydrogens (tertiary/aromatic N) is 3. The number of piperidine rings is 1. The SMILES string of the molecule is COC1CN(c2ncc(C)cc2N=C/C(C)=C\N)CCC1NC1CCCCC1. The first-order chi connectivity index (χ1) is 13.6. The van der Waals surface area contributed by atoms with Crippen LogP contribution in [0.15, 0.2) is 29.0 Å². The quantitative estimate of drug-likeness (QED) is 0.734. The number of ether oxygens (including phenoxy) is 1. The van der Waals surface area contributed by atoms with Crippen molar-refractivity contribution >= 4 is 17.7 Å². The van der Waals surface area contributed by atoms with Gasteiger partial charge in [-0.3, -0.25) is 4.99 Å². The minimum atomic E-state index is 0.154. The maximum Gasteiger partial charge on any atom is 0.154 e. The number of hydrogen-bond acceptors (Lipinski definition) is 6. The van der Waals surface area contributed by atoms with Crippen LogP contribution in [0.2, 0.25) is 0 Å². The van der Waals surface area contributed by atoms with Crippen molar-refractivity contribution in [1.82, 2.24) is 10.3 Å². The molecule has 6 heteroatoms. The number of hydrogen-bond donors (Lipinski definition) is 2. The Kier molecular flexibility index (Phi) is 7.45. The number of nitrogens with two attached hydrogens (primary N) is 1. The fraction of sp³-hybridized carbons (Fsp3) is 0.636. The van der Waals surface area contributed by atoms with Crippen molar-refractivity contribution < 1.29 is 4.74 Å². The standard InChI is InChI=1S/C22H35N5O/c1-16-11-20(24-14-17(2)12-23)22(25-13-16)27-10-9-19(21(15-27)28-3)26-18-7-5-4-6-8-18/h11-14,18-19,21,26H,4-10,15,23H2,1-3H3/b17-12-,24-14?. The maximum absolute atomic E-state index is 5.88. The highest BCUT2D eigenvalue weighted by molar-refractivity contribution is 5.82. The van der Waals surface area contributed by atoms with Gasteiger partial charge in [0.25, 0.3) is 0 Å². The Balaban J connectivity index is 1.72. The molecule has 2 fully saturated rings. The smallest absolute Gasteiger partial charge is 0.154 e. The zero-order valence-electron chi connectivity index (χ0n) is 17.5. The van der Waals surface area contributed by atoms with Crippen LogP contribution in [-0.4, -0.2) is 49.6 Å². The molecule has 1 saturated carbocycles. The fourth-order valence-corrected chi connectivity index (χ4v) is 4.21. The summed E-state index contributed by atoms with van der Waals surface area (Å²) in [5, 5.41) is 3.88. The molecule has 1 aliphatic carbocycles. The van der Waals surface area contributed by atoms with E-state index >= 15 is 0 Å². The molecule has 1 aliphatic heterocycles. The Hall–Kier alpha value is -1.92. The Bertz CT molecular complexity index is 696. The normalized spacial score (nSPS) is 24.8. The third kappa shape index (κ3) is 5.32. The average Bonchev–Trinajstić information content (AvgIpc) is 2.73. The average molecular weight is 386 g/mol. The highest BCUT2D eigenvalue weighted by Crippen LogP contribution is 2.30. The Morgan fingerprint density at radius 2 is 2.11 bits per heavy atom. The number of aryl methyl sites for hydroxylation is 1. The van der Waals surface area contributed by atoms with Crippen LogP contribution in [0.3, 0.4) is 0 Å². The Labute approximate surface area is 169 Å². The molecule has 0 radical (unpaired) electrons.